The molecule has 4 heteroatoms. The highest BCUT2D eigenvalue weighted by atomic mass is 16.3. The fourth-order valence-corrected chi connectivity index (χ4v) is 3.46. The maximum absolute atomic E-state index is 11.9. The Labute approximate surface area is 95.8 Å². The Balaban J connectivity index is 1.47. The van der Waals surface area contributed by atoms with E-state index < -0.39 is 5.60 Å². The number of amides is 1. The summed E-state index contributed by atoms with van der Waals surface area (Å²) in [5.74, 6) is 1.77. The molecule has 0 radical (unpaired) electrons. The minimum absolute atomic E-state index is 0.176. The normalized spacial score (nSPS) is 45.4. The first-order valence-electron chi connectivity index (χ1n) is 6.40. The molecule has 0 aromatic carbocycles. The lowest BCUT2D eigenvalue weighted by molar-refractivity contribution is -0.124. The first-order valence-corrected chi connectivity index (χ1v) is 6.40. The maximum atomic E-state index is 11.9. The largest absolute Gasteiger partial charge is 0.387 e. The molecule has 2 aliphatic carbocycles. The lowest BCUT2D eigenvalue weighted by Crippen LogP contribution is -2.45. The second-order valence-corrected chi connectivity index (χ2v) is 5.65. The van der Waals surface area contributed by atoms with E-state index in [0.29, 0.717) is 24.9 Å². The fourth-order valence-electron chi connectivity index (χ4n) is 3.46. The van der Waals surface area contributed by atoms with Crippen molar-refractivity contribution in [1.29, 1.82) is 0 Å². The summed E-state index contributed by atoms with van der Waals surface area (Å²) in [5.41, 5.74) is -0.709. The molecule has 3 rings (SSSR count). The van der Waals surface area contributed by atoms with Gasteiger partial charge >= 0.3 is 0 Å². The second kappa shape index (κ2) is 3.70. The van der Waals surface area contributed by atoms with Gasteiger partial charge < -0.3 is 15.7 Å². The van der Waals surface area contributed by atoms with E-state index in [1.807, 2.05) is 0 Å². The standard InChI is InChI=1S/C12H20N2O2/c15-11(10-8-2-1-3-9(8)10)14-7-12(16)4-5-13-6-12/h8-10,13,16H,1-7H2,(H,14,15). The van der Waals surface area contributed by atoms with Crippen LogP contribution in [0.5, 0.6) is 0 Å². The first kappa shape index (κ1) is 10.5. The van der Waals surface area contributed by atoms with Crippen molar-refractivity contribution >= 4 is 5.91 Å². The number of carbonyl (C=O) groups is 1. The van der Waals surface area contributed by atoms with Crippen LogP contribution >= 0.6 is 0 Å². The molecule has 3 unspecified atom stereocenters. The predicted molar refractivity (Wildman–Crippen MR) is 59.8 cm³/mol. The van der Waals surface area contributed by atoms with Gasteiger partial charge in [-0.25, -0.2) is 0 Å². The highest BCUT2D eigenvalue weighted by molar-refractivity contribution is 5.82. The second-order valence-electron chi connectivity index (χ2n) is 5.65. The van der Waals surface area contributed by atoms with E-state index in [2.05, 4.69) is 10.6 Å². The smallest absolute Gasteiger partial charge is 0.223 e. The van der Waals surface area contributed by atoms with Crippen molar-refractivity contribution in [2.75, 3.05) is 19.6 Å². The molecule has 3 fully saturated rings. The summed E-state index contributed by atoms with van der Waals surface area (Å²) in [5, 5.41) is 16.1. The number of β-amino-alcohol motifs (C(OH)–C–C–N with tert-alkyl or cyclic N) is 1. The zero-order chi connectivity index (χ0) is 11.2. The third-order valence-electron chi connectivity index (χ3n) is 4.52. The predicted octanol–water partition coefficient (Wildman–Crippen LogP) is -0.127. The van der Waals surface area contributed by atoms with Crippen LogP contribution in [0.1, 0.15) is 25.7 Å². The number of carbonyl (C=O) groups excluding carboxylic acids is 1. The van der Waals surface area contributed by atoms with Gasteiger partial charge in [-0.15, -0.1) is 0 Å². The minimum Gasteiger partial charge on any atom is -0.387 e. The molecule has 16 heavy (non-hydrogen) atoms. The van der Waals surface area contributed by atoms with Gasteiger partial charge in [0.15, 0.2) is 0 Å². The Morgan fingerprint density at radius 3 is 2.81 bits per heavy atom. The van der Waals surface area contributed by atoms with Crippen LogP contribution < -0.4 is 10.6 Å². The molecular weight excluding hydrogens is 204 g/mol. The highest BCUT2D eigenvalue weighted by Crippen LogP contribution is 2.57. The summed E-state index contributed by atoms with van der Waals surface area (Å²) in [4.78, 5) is 11.9. The number of hydrogen-bond donors (Lipinski definition) is 3. The third kappa shape index (κ3) is 1.74. The Hall–Kier alpha value is -0.610. The fraction of sp³-hybridized carbons (Fsp3) is 0.917. The quantitative estimate of drug-likeness (QED) is 0.626. The Kier molecular flexibility index (Phi) is 2.44. The molecule has 3 N–H and O–H groups in total. The monoisotopic (exact) mass is 224 g/mol. The van der Waals surface area contributed by atoms with Gasteiger partial charge in [0.05, 0.1) is 5.60 Å². The van der Waals surface area contributed by atoms with Crippen molar-refractivity contribution in [3.05, 3.63) is 0 Å². The van der Waals surface area contributed by atoms with E-state index in [9.17, 15) is 9.90 Å². The summed E-state index contributed by atoms with van der Waals surface area (Å²) >= 11 is 0. The van der Waals surface area contributed by atoms with Crippen molar-refractivity contribution in [2.45, 2.75) is 31.3 Å². The van der Waals surface area contributed by atoms with E-state index in [1.165, 1.54) is 19.3 Å². The van der Waals surface area contributed by atoms with Crippen LogP contribution in [0.25, 0.3) is 0 Å². The van der Waals surface area contributed by atoms with E-state index in [4.69, 9.17) is 0 Å². The van der Waals surface area contributed by atoms with Crippen LogP contribution in [-0.2, 0) is 4.79 Å². The van der Waals surface area contributed by atoms with Crippen LogP contribution in [0.4, 0.5) is 0 Å². The van der Waals surface area contributed by atoms with Gasteiger partial charge in [0, 0.05) is 19.0 Å². The van der Waals surface area contributed by atoms with Crippen molar-refractivity contribution in [2.24, 2.45) is 17.8 Å². The zero-order valence-corrected chi connectivity index (χ0v) is 9.54. The molecule has 1 saturated heterocycles. The van der Waals surface area contributed by atoms with E-state index >= 15 is 0 Å². The number of fused-ring (bicyclic) bond motifs is 1. The van der Waals surface area contributed by atoms with Crippen LogP contribution in [-0.4, -0.2) is 36.2 Å². The number of rotatable bonds is 3. The molecule has 0 aromatic rings. The average molecular weight is 224 g/mol. The zero-order valence-electron chi connectivity index (χ0n) is 9.54. The molecule has 4 nitrogen and oxygen atoms in total. The molecule has 0 aromatic heterocycles. The summed E-state index contributed by atoms with van der Waals surface area (Å²) < 4.78 is 0. The lowest BCUT2D eigenvalue weighted by Gasteiger charge is -2.21. The molecule has 3 atom stereocenters. The molecule has 2 saturated carbocycles. The van der Waals surface area contributed by atoms with Crippen molar-refractivity contribution < 1.29 is 9.90 Å². The summed E-state index contributed by atoms with van der Waals surface area (Å²) in [6.45, 7) is 1.86. The van der Waals surface area contributed by atoms with E-state index in [1.54, 1.807) is 0 Å². The Morgan fingerprint density at radius 1 is 1.44 bits per heavy atom. The summed E-state index contributed by atoms with van der Waals surface area (Å²) in [7, 11) is 0. The highest BCUT2D eigenvalue weighted by Gasteiger charge is 2.56. The average Bonchev–Trinajstić information content (AvgIpc) is 2.70. The van der Waals surface area contributed by atoms with Crippen LogP contribution in [0.3, 0.4) is 0 Å². The van der Waals surface area contributed by atoms with Crippen LogP contribution in [0.2, 0.25) is 0 Å². The molecule has 0 bridgehead atoms. The van der Waals surface area contributed by atoms with Gasteiger partial charge in [0.2, 0.25) is 5.91 Å². The number of aliphatic hydroxyl groups is 1. The molecule has 1 amide bonds. The SMILES string of the molecule is O=C(NCC1(O)CCNC1)C1C2CCCC21. The van der Waals surface area contributed by atoms with Gasteiger partial charge in [0.1, 0.15) is 0 Å². The van der Waals surface area contributed by atoms with Gasteiger partial charge in [-0.1, -0.05) is 6.42 Å². The molecule has 0 spiro atoms. The molecular formula is C12H20N2O2. The van der Waals surface area contributed by atoms with Gasteiger partial charge in [0.25, 0.3) is 0 Å². The Bertz CT molecular complexity index is 289. The van der Waals surface area contributed by atoms with Crippen molar-refractivity contribution in [3.8, 4) is 0 Å². The van der Waals surface area contributed by atoms with Gasteiger partial charge in [-0.2, -0.15) is 0 Å². The minimum atomic E-state index is -0.709. The van der Waals surface area contributed by atoms with Gasteiger partial charge in [-0.05, 0) is 37.6 Å². The van der Waals surface area contributed by atoms with Crippen molar-refractivity contribution in [3.63, 3.8) is 0 Å². The molecule has 90 valence electrons. The first-order chi connectivity index (χ1) is 7.70. The third-order valence-corrected chi connectivity index (χ3v) is 4.52. The van der Waals surface area contributed by atoms with Crippen LogP contribution in [0.15, 0.2) is 0 Å². The van der Waals surface area contributed by atoms with Gasteiger partial charge in [-0.3, -0.25) is 4.79 Å². The van der Waals surface area contributed by atoms with E-state index in [0.717, 1.165) is 13.0 Å². The molecule has 1 heterocycles. The number of hydrogen-bond acceptors (Lipinski definition) is 3. The van der Waals surface area contributed by atoms with Crippen LogP contribution in [0, 0.1) is 17.8 Å². The maximum Gasteiger partial charge on any atom is 0.223 e. The lowest BCUT2D eigenvalue weighted by atomic mass is 10.0. The summed E-state index contributed by atoms with van der Waals surface area (Å²) in [6, 6.07) is 0. The summed E-state index contributed by atoms with van der Waals surface area (Å²) in [6.07, 6.45) is 4.50. The molecule has 3 aliphatic rings. The van der Waals surface area contributed by atoms with Crippen molar-refractivity contribution in [1.82, 2.24) is 10.6 Å². The topological polar surface area (TPSA) is 61.4 Å². The number of nitrogens with one attached hydrogen (secondary N) is 2. The molecule has 1 aliphatic heterocycles. The van der Waals surface area contributed by atoms with E-state index in [-0.39, 0.29) is 11.8 Å². The Morgan fingerprint density at radius 2 is 2.19 bits per heavy atom.